The highest BCUT2D eigenvalue weighted by Gasteiger charge is 2.27. The first kappa shape index (κ1) is 19.8. The maximum absolute atomic E-state index is 12.8. The first-order chi connectivity index (χ1) is 13.2. The van der Waals surface area contributed by atoms with E-state index in [2.05, 4.69) is 11.9 Å². The number of nitrogens with zero attached hydrogens (tertiary/aromatic N) is 2. The molecule has 0 atom stereocenters. The van der Waals surface area contributed by atoms with Crippen LogP contribution in [0.4, 0.5) is 0 Å². The van der Waals surface area contributed by atoms with Gasteiger partial charge in [-0.25, -0.2) is 4.98 Å². The molecule has 0 spiro atoms. The molecule has 27 heavy (non-hydrogen) atoms. The SMILES string of the molecule is COCCN(Cc1csc(COc2ccc(C)cc2)n1)C(=O)C1CCCC1. The average Bonchev–Trinajstić information content (AvgIpc) is 3.36. The summed E-state index contributed by atoms with van der Waals surface area (Å²) >= 11 is 1.58. The number of hydrogen-bond donors (Lipinski definition) is 0. The van der Waals surface area contributed by atoms with Crippen LogP contribution in [0.25, 0.3) is 0 Å². The van der Waals surface area contributed by atoms with Crippen LogP contribution in [-0.2, 0) is 22.7 Å². The van der Waals surface area contributed by atoms with Gasteiger partial charge in [0.05, 0.1) is 18.8 Å². The van der Waals surface area contributed by atoms with Gasteiger partial charge in [-0.15, -0.1) is 11.3 Å². The molecule has 1 fully saturated rings. The molecule has 3 rings (SSSR count). The maximum Gasteiger partial charge on any atom is 0.226 e. The second-order valence-electron chi connectivity index (χ2n) is 7.07. The van der Waals surface area contributed by atoms with Crippen molar-refractivity contribution in [3.63, 3.8) is 0 Å². The number of ether oxygens (including phenoxy) is 2. The van der Waals surface area contributed by atoms with Crippen molar-refractivity contribution in [1.29, 1.82) is 0 Å². The number of aromatic nitrogens is 1. The highest BCUT2D eigenvalue weighted by atomic mass is 32.1. The number of rotatable bonds is 9. The van der Waals surface area contributed by atoms with Gasteiger partial charge in [-0.1, -0.05) is 30.5 Å². The lowest BCUT2D eigenvalue weighted by Gasteiger charge is -2.24. The summed E-state index contributed by atoms with van der Waals surface area (Å²) in [6.45, 7) is 4.20. The van der Waals surface area contributed by atoms with Gasteiger partial charge in [-0.2, -0.15) is 0 Å². The third kappa shape index (κ3) is 5.78. The zero-order chi connectivity index (χ0) is 19.1. The molecule has 0 bridgehead atoms. The molecule has 1 heterocycles. The Morgan fingerprint density at radius 2 is 2.00 bits per heavy atom. The number of benzene rings is 1. The highest BCUT2D eigenvalue weighted by molar-refractivity contribution is 7.09. The number of aryl methyl sites for hydroxylation is 1. The highest BCUT2D eigenvalue weighted by Crippen LogP contribution is 2.27. The van der Waals surface area contributed by atoms with Gasteiger partial charge in [0.25, 0.3) is 0 Å². The fraction of sp³-hybridized carbons (Fsp3) is 0.524. The summed E-state index contributed by atoms with van der Waals surface area (Å²) in [7, 11) is 1.67. The minimum atomic E-state index is 0.171. The molecule has 1 amide bonds. The molecule has 0 radical (unpaired) electrons. The molecule has 0 unspecified atom stereocenters. The zero-order valence-corrected chi connectivity index (χ0v) is 17.0. The summed E-state index contributed by atoms with van der Waals surface area (Å²) < 4.78 is 11.0. The van der Waals surface area contributed by atoms with E-state index in [0.29, 0.717) is 26.3 Å². The second-order valence-corrected chi connectivity index (χ2v) is 8.01. The predicted octanol–water partition coefficient (Wildman–Crippen LogP) is 4.20. The summed E-state index contributed by atoms with van der Waals surface area (Å²) in [6, 6.07) is 8.00. The summed E-state index contributed by atoms with van der Waals surface area (Å²) in [4.78, 5) is 19.4. The van der Waals surface area contributed by atoms with Crippen molar-refractivity contribution in [3.05, 3.63) is 45.9 Å². The molecule has 1 aliphatic rings. The number of amides is 1. The third-order valence-electron chi connectivity index (χ3n) is 4.92. The zero-order valence-electron chi connectivity index (χ0n) is 16.1. The largest absolute Gasteiger partial charge is 0.486 e. The van der Waals surface area contributed by atoms with Crippen molar-refractivity contribution in [1.82, 2.24) is 9.88 Å². The van der Waals surface area contributed by atoms with Gasteiger partial charge in [0, 0.05) is 25.0 Å². The van der Waals surface area contributed by atoms with E-state index in [0.717, 1.165) is 42.1 Å². The number of thiazole rings is 1. The Kier molecular flexibility index (Phi) is 7.24. The van der Waals surface area contributed by atoms with Gasteiger partial charge >= 0.3 is 0 Å². The van der Waals surface area contributed by atoms with E-state index in [1.807, 2.05) is 34.5 Å². The van der Waals surface area contributed by atoms with Crippen LogP contribution in [0.5, 0.6) is 5.75 Å². The molecule has 5 nitrogen and oxygen atoms in total. The minimum absolute atomic E-state index is 0.171. The molecule has 1 aromatic heterocycles. The standard InChI is InChI=1S/C21H28N2O3S/c1-16-7-9-19(10-8-16)26-14-20-22-18(15-27-20)13-23(11-12-25-2)21(24)17-5-3-4-6-17/h7-10,15,17H,3-6,11-14H2,1-2H3. The van der Waals surface area contributed by atoms with Crippen LogP contribution >= 0.6 is 11.3 Å². The van der Waals surface area contributed by atoms with Gasteiger partial charge in [-0.3, -0.25) is 4.79 Å². The molecule has 1 aromatic carbocycles. The molecule has 0 N–H and O–H groups in total. The molecular formula is C21H28N2O3S. The van der Waals surface area contributed by atoms with Gasteiger partial charge in [-0.05, 0) is 31.9 Å². The number of methoxy groups -OCH3 is 1. The molecule has 6 heteroatoms. The molecule has 1 saturated carbocycles. The average molecular weight is 389 g/mol. The smallest absolute Gasteiger partial charge is 0.226 e. The van der Waals surface area contributed by atoms with E-state index >= 15 is 0 Å². The fourth-order valence-corrected chi connectivity index (χ4v) is 4.06. The van der Waals surface area contributed by atoms with Crippen LogP contribution in [0.1, 0.15) is 41.9 Å². The van der Waals surface area contributed by atoms with Crippen LogP contribution in [0.3, 0.4) is 0 Å². The van der Waals surface area contributed by atoms with Crippen LogP contribution < -0.4 is 4.74 Å². The minimum Gasteiger partial charge on any atom is -0.486 e. The summed E-state index contributed by atoms with van der Waals surface area (Å²) in [6.07, 6.45) is 4.33. The second kappa shape index (κ2) is 9.85. The van der Waals surface area contributed by atoms with Gasteiger partial charge in [0.2, 0.25) is 5.91 Å². The number of hydrogen-bond acceptors (Lipinski definition) is 5. The fourth-order valence-electron chi connectivity index (χ4n) is 3.36. The van der Waals surface area contributed by atoms with Gasteiger partial charge < -0.3 is 14.4 Å². The van der Waals surface area contributed by atoms with Crippen LogP contribution in [0.2, 0.25) is 0 Å². The van der Waals surface area contributed by atoms with Crippen LogP contribution in [0.15, 0.2) is 29.6 Å². The first-order valence-electron chi connectivity index (χ1n) is 9.56. The summed E-state index contributed by atoms with van der Waals surface area (Å²) in [5.74, 6) is 1.26. The normalized spacial score (nSPS) is 14.4. The van der Waals surface area contributed by atoms with Crippen molar-refractivity contribution >= 4 is 17.2 Å². The monoisotopic (exact) mass is 388 g/mol. The maximum atomic E-state index is 12.8. The van der Waals surface area contributed by atoms with Crippen molar-refractivity contribution in [2.75, 3.05) is 20.3 Å². The molecule has 146 valence electrons. The Hall–Kier alpha value is -1.92. The van der Waals surface area contributed by atoms with Crippen molar-refractivity contribution in [2.24, 2.45) is 5.92 Å². The van der Waals surface area contributed by atoms with Gasteiger partial charge in [0.15, 0.2) is 0 Å². The quantitative estimate of drug-likeness (QED) is 0.646. The lowest BCUT2D eigenvalue weighted by atomic mass is 10.1. The first-order valence-corrected chi connectivity index (χ1v) is 10.4. The van der Waals surface area contributed by atoms with E-state index in [4.69, 9.17) is 9.47 Å². The van der Waals surface area contributed by atoms with Crippen molar-refractivity contribution < 1.29 is 14.3 Å². The summed E-state index contributed by atoms with van der Waals surface area (Å²) in [5, 5.41) is 2.95. The third-order valence-corrected chi connectivity index (χ3v) is 5.79. The van der Waals surface area contributed by atoms with E-state index in [9.17, 15) is 4.79 Å². The number of carbonyl (C=O) groups excluding carboxylic acids is 1. The molecule has 0 aliphatic heterocycles. The van der Waals surface area contributed by atoms with E-state index in [1.165, 1.54) is 5.56 Å². The topological polar surface area (TPSA) is 51.7 Å². The van der Waals surface area contributed by atoms with E-state index < -0.39 is 0 Å². The van der Waals surface area contributed by atoms with Crippen molar-refractivity contribution in [2.45, 2.75) is 45.8 Å². The Labute approximate surface area is 165 Å². The predicted molar refractivity (Wildman–Crippen MR) is 107 cm³/mol. The Bertz CT molecular complexity index is 723. The molecular weight excluding hydrogens is 360 g/mol. The van der Waals surface area contributed by atoms with E-state index in [1.54, 1.807) is 18.4 Å². The lowest BCUT2D eigenvalue weighted by Crippen LogP contribution is -2.37. The van der Waals surface area contributed by atoms with Crippen molar-refractivity contribution in [3.8, 4) is 5.75 Å². The van der Waals surface area contributed by atoms with Crippen LogP contribution in [0, 0.1) is 12.8 Å². The Morgan fingerprint density at radius 1 is 1.26 bits per heavy atom. The van der Waals surface area contributed by atoms with Crippen LogP contribution in [-0.4, -0.2) is 36.1 Å². The molecule has 2 aromatic rings. The molecule has 0 saturated heterocycles. The Morgan fingerprint density at radius 3 is 2.70 bits per heavy atom. The molecule has 1 aliphatic carbocycles. The Balaban J connectivity index is 1.57. The lowest BCUT2D eigenvalue weighted by molar-refractivity contribution is -0.136. The summed E-state index contributed by atoms with van der Waals surface area (Å²) in [5.41, 5.74) is 2.13. The van der Waals surface area contributed by atoms with E-state index in [-0.39, 0.29) is 11.8 Å². The van der Waals surface area contributed by atoms with Gasteiger partial charge in [0.1, 0.15) is 17.4 Å². The number of carbonyl (C=O) groups is 1.